The van der Waals surface area contributed by atoms with E-state index in [1.54, 1.807) is 24.3 Å². The second kappa shape index (κ2) is 8.52. The molecule has 5 rings (SSSR count). The lowest BCUT2D eigenvalue weighted by Gasteiger charge is -2.06. The zero-order valence-corrected chi connectivity index (χ0v) is 17.8. The highest BCUT2D eigenvalue weighted by atomic mass is 32.1. The Morgan fingerprint density at radius 3 is 2.28 bits per heavy atom. The predicted octanol–water partition coefficient (Wildman–Crippen LogP) is 5.48. The van der Waals surface area contributed by atoms with Crippen molar-refractivity contribution in [1.29, 1.82) is 0 Å². The smallest absolute Gasteiger partial charge is 0.255 e. The largest absolute Gasteiger partial charge is 0.416 e. The molecule has 2 heterocycles. The summed E-state index contributed by atoms with van der Waals surface area (Å²) in [6.45, 7) is 2.00. The molecule has 0 aliphatic heterocycles. The van der Waals surface area contributed by atoms with Crippen LogP contribution < -0.4 is 5.32 Å². The van der Waals surface area contributed by atoms with E-state index < -0.39 is 0 Å². The van der Waals surface area contributed by atoms with Gasteiger partial charge in [-0.05, 0) is 66.5 Å². The topological polar surface area (TPSA) is 93.8 Å². The Balaban J connectivity index is 1.28. The van der Waals surface area contributed by atoms with Crippen molar-refractivity contribution in [3.05, 3.63) is 89.3 Å². The lowest BCUT2D eigenvalue weighted by atomic mass is 10.1. The average molecular weight is 440 g/mol. The molecule has 0 saturated heterocycles. The van der Waals surface area contributed by atoms with Gasteiger partial charge in [0.25, 0.3) is 5.91 Å². The monoisotopic (exact) mass is 439 g/mol. The molecule has 2 aromatic heterocycles. The third kappa shape index (κ3) is 4.03. The molecule has 0 bridgehead atoms. The lowest BCUT2D eigenvalue weighted by molar-refractivity contribution is 0.102. The quantitative estimate of drug-likeness (QED) is 0.390. The molecule has 32 heavy (non-hydrogen) atoms. The first-order valence-corrected chi connectivity index (χ1v) is 10.7. The number of carbonyl (C=O) groups is 1. The van der Waals surface area contributed by atoms with Crippen molar-refractivity contribution < 1.29 is 9.21 Å². The number of anilines is 1. The Labute approximate surface area is 187 Å². The van der Waals surface area contributed by atoms with Crippen LogP contribution in [0.3, 0.4) is 0 Å². The number of amides is 1. The van der Waals surface area contributed by atoms with Crippen molar-refractivity contribution in [2.45, 2.75) is 6.92 Å². The molecule has 0 saturated carbocycles. The molecule has 0 unspecified atom stereocenters. The molecule has 0 spiro atoms. The normalized spacial score (nSPS) is 10.8. The Hall–Kier alpha value is -4.17. The Kier molecular flexibility index (Phi) is 5.27. The van der Waals surface area contributed by atoms with E-state index in [1.807, 2.05) is 60.8 Å². The van der Waals surface area contributed by atoms with Gasteiger partial charge in [0.1, 0.15) is 5.69 Å². The first kappa shape index (κ1) is 19.8. The van der Waals surface area contributed by atoms with Crippen molar-refractivity contribution in [2.24, 2.45) is 0 Å². The summed E-state index contributed by atoms with van der Waals surface area (Å²) in [5, 5.41) is 17.1. The average Bonchev–Trinajstić information content (AvgIpc) is 3.53. The van der Waals surface area contributed by atoms with Gasteiger partial charge in [-0.25, -0.2) is 0 Å². The summed E-state index contributed by atoms with van der Waals surface area (Å²) in [5.74, 6) is 0.671. The molecule has 3 aromatic carbocycles. The van der Waals surface area contributed by atoms with Crippen molar-refractivity contribution in [3.63, 3.8) is 0 Å². The first-order valence-electron chi connectivity index (χ1n) is 9.86. The van der Waals surface area contributed by atoms with Crippen molar-refractivity contribution in [3.8, 4) is 34.2 Å². The summed E-state index contributed by atoms with van der Waals surface area (Å²) >= 11 is 1.30. The minimum atomic E-state index is -0.203. The van der Waals surface area contributed by atoms with Gasteiger partial charge in [-0.3, -0.25) is 4.79 Å². The fourth-order valence-electron chi connectivity index (χ4n) is 3.24. The molecule has 0 radical (unpaired) electrons. The van der Waals surface area contributed by atoms with E-state index in [1.165, 1.54) is 11.5 Å². The van der Waals surface area contributed by atoms with E-state index in [0.717, 1.165) is 27.9 Å². The van der Waals surface area contributed by atoms with Crippen LogP contribution in [-0.2, 0) is 0 Å². The third-order valence-corrected chi connectivity index (χ3v) is 5.50. The third-order valence-electron chi connectivity index (χ3n) is 4.99. The maximum absolute atomic E-state index is 12.6. The number of hydrogen-bond donors (Lipinski definition) is 1. The zero-order chi connectivity index (χ0) is 21.9. The molecule has 5 aromatic rings. The van der Waals surface area contributed by atoms with E-state index in [4.69, 9.17) is 4.42 Å². The van der Waals surface area contributed by atoms with E-state index in [0.29, 0.717) is 23.0 Å². The van der Waals surface area contributed by atoms with Gasteiger partial charge in [0.05, 0.1) is 0 Å². The summed E-state index contributed by atoms with van der Waals surface area (Å²) in [7, 11) is 0. The fraction of sp³-hybridized carbons (Fsp3) is 0.0417. The van der Waals surface area contributed by atoms with Crippen LogP contribution in [0.5, 0.6) is 0 Å². The van der Waals surface area contributed by atoms with Crippen LogP contribution in [0, 0.1) is 6.92 Å². The number of aryl methyl sites for hydroxylation is 1. The molecule has 0 atom stereocenters. The van der Waals surface area contributed by atoms with Gasteiger partial charge in [0, 0.05) is 33.3 Å². The zero-order valence-electron chi connectivity index (χ0n) is 17.0. The van der Waals surface area contributed by atoms with Crippen LogP contribution in [0.15, 0.2) is 82.6 Å². The van der Waals surface area contributed by atoms with Gasteiger partial charge in [0.15, 0.2) is 0 Å². The second-order valence-corrected chi connectivity index (χ2v) is 7.74. The highest BCUT2D eigenvalue weighted by Crippen LogP contribution is 2.26. The molecule has 1 amide bonds. The van der Waals surface area contributed by atoms with Gasteiger partial charge < -0.3 is 9.73 Å². The maximum Gasteiger partial charge on any atom is 0.255 e. The SMILES string of the molecule is Cc1ccccc1-c1nnc(-c2ccc(C(=O)Nc3ccc(-c4csnn4)cc3)cc2)o1. The van der Waals surface area contributed by atoms with Crippen LogP contribution in [0.25, 0.3) is 34.2 Å². The molecule has 0 aliphatic carbocycles. The van der Waals surface area contributed by atoms with E-state index in [9.17, 15) is 4.79 Å². The number of hydrogen-bond acceptors (Lipinski definition) is 7. The molecule has 0 aliphatic rings. The highest BCUT2D eigenvalue weighted by molar-refractivity contribution is 7.03. The number of nitrogens with zero attached hydrogens (tertiary/aromatic N) is 4. The highest BCUT2D eigenvalue weighted by Gasteiger charge is 2.13. The Morgan fingerprint density at radius 1 is 0.844 bits per heavy atom. The number of rotatable bonds is 5. The van der Waals surface area contributed by atoms with E-state index >= 15 is 0 Å². The molecule has 0 fully saturated rings. The van der Waals surface area contributed by atoms with E-state index in [-0.39, 0.29) is 5.91 Å². The predicted molar refractivity (Wildman–Crippen MR) is 123 cm³/mol. The van der Waals surface area contributed by atoms with Crippen LogP contribution >= 0.6 is 11.5 Å². The molecular formula is C24H17N5O2S. The van der Waals surface area contributed by atoms with Gasteiger partial charge in [0.2, 0.25) is 11.8 Å². The van der Waals surface area contributed by atoms with Crippen molar-refractivity contribution in [1.82, 2.24) is 19.8 Å². The van der Waals surface area contributed by atoms with E-state index in [2.05, 4.69) is 25.1 Å². The fourth-order valence-corrected chi connectivity index (χ4v) is 3.71. The van der Waals surface area contributed by atoms with Crippen molar-refractivity contribution in [2.75, 3.05) is 5.32 Å². The van der Waals surface area contributed by atoms with Crippen LogP contribution in [-0.4, -0.2) is 25.7 Å². The molecule has 7 nitrogen and oxygen atoms in total. The lowest BCUT2D eigenvalue weighted by Crippen LogP contribution is -2.11. The maximum atomic E-state index is 12.6. The number of carbonyl (C=O) groups excluding carboxylic acids is 1. The second-order valence-electron chi connectivity index (χ2n) is 7.13. The summed E-state index contributed by atoms with van der Waals surface area (Å²) in [6.07, 6.45) is 0. The molecule has 1 N–H and O–H groups in total. The summed E-state index contributed by atoms with van der Waals surface area (Å²) in [5.41, 5.74) is 5.70. The Bertz CT molecular complexity index is 1360. The number of benzene rings is 3. The van der Waals surface area contributed by atoms with Crippen LogP contribution in [0.4, 0.5) is 5.69 Å². The van der Waals surface area contributed by atoms with Crippen molar-refractivity contribution >= 4 is 23.1 Å². The minimum absolute atomic E-state index is 0.203. The molecular weight excluding hydrogens is 422 g/mol. The number of nitrogens with one attached hydrogen (secondary N) is 1. The standard InChI is InChI=1S/C24H17N5O2S/c1-15-4-2-3-5-20(15)24-28-27-23(31-24)18-8-6-17(7-9-18)22(30)25-19-12-10-16(11-13-19)21-14-32-29-26-21/h2-14H,1H3,(H,25,30). The minimum Gasteiger partial charge on any atom is -0.416 e. The summed E-state index contributed by atoms with van der Waals surface area (Å²) in [4.78, 5) is 12.6. The van der Waals surface area contributed by atoms with Crippen LogP contribution in [0.2, 0.25) is 0 Å². The van der Waals surface area contributed by atoms with Crippen LogP contribution in [0.1, 0.15) is 15.9 Å². The van der Waals surface area contributed by atoms with Gasteiger partial charge in [-0.2, -0.15) is 0 Å². The van der Waals surface area contributed by atoms with Gasteiger partial charge in [-0.15, -0.1) is 15.3 Å². The molecule has 156 valence electrons. The first-order chi connectivity index (χ1) is 15.7. The summed E-state index contributed by atoms with van der Waals surface area (Å²) < 4.78 is 9.71. The Morgan fingerprint density at radius 2 is 1.56 bits per heavy atom. The van der Waals surface area contributed by atoms with Gasteiger partial charge in [-0.1, -0.05) is 34.8 Å². The number of aromatic nitrogens is 4. The van der Waals surface area contributed by atoms with Gasteiger partial charge >= 0.3 is 0 Å². The molecule has 8 heteroatoms. The summed E-state index contributed by atoms with van der Waals surface area (Å²) in [6, 6.07) is 22.4.